The zero-order valence-electron chi connectivity index (χ0n) is 26.8. The van der Waals surface area contributed by atoms with E-state index in [1.54, 1.807) is 30.3 Å². The van der Waals surface area contributed by atoms with Crippen LogP contribution in [0.2, 0.25) is 0 Å². The van der Waals surface area contributed by atoms with E-state index in [0.717, 1.165) is 54.7 Å². The van der Waals surface area contributed by atoms with Crippen LogP contribution in [0.15, 0.2) is 113 Å². The van der Waals surface area contributed by atoms with Gasteiger partial charge in [0, 0.05) is 80.3 Å². The topological polar surface area (TPSA) is 84.3 Å². The minimum Gasteiger partial charge on any atom is -0.478 e. The summed E-state index contributed by atoms with van der Waals surface area (Å²) in [7, 11) is 11.9. The van der Waals surface area contributed by atoms with Crippen LogP contribution in [0.3, 0.4) is 0 Å². The number of hydrogen-bond acceptors (Lipinski definition) is 6. The fourth-order valence-electron chi connectivity index (χ4n) is 5.30. The van der Waals surface area contributed by atoms with Crippen molar-refractivity contribution < 1.29 is 19.8 Å². The Labute approximate surface area is 274 Å². The van der Waals surface area contributed by atoms with E-state index in [1.807, 2.05) is 130 Å². The third kappa shape index (κ3) is 6.72. The van der Waals surface area contributed by atoms with Crippen molar-refractivity contribution in [2.75, 3.05) is 57.0 Å². The van der Waals surface area contributed by atoms with E-state index in [-0.39, 0.29) is 11.1 Å². The Morgan fingerprint density at radius 2 is 0.935 bits per heavy atom. The van der Waals surface area contributed by atoms with Crippen LogP contribution in [0.5, 0.6) is 0 Å². The zero-order chi connectivity index (χ0) is 33.1. The first-order chi connectivity index (χ1) is 21.9. The Kier molecular flexibility index (Phi) is 9.39. The highest BCUT2D eigenvalue weighted by Gasteiger charge is 2.26. The molecule has 7 nitrogen and oxygen atoms in total. The lowest BCUT2D eigenvalue weighted by Crippen LogP contribution is -2.09. The zero-order valence-corrected chi connectivity index (χ0v) is 27.6. The van der Waals surface area contributed by atoms with Crippen molar-refractivity contribution in [1.29, 1.82) is 0 Å². The second-order valence-electron chi connectivity index (χ2n) is 11.6. The average molecular weight is 632 g/mol. The van der Waals surface area contributed by atoms with Gasteiger partial charge in [0.25, 0.3) is 0 Å². The van der Waals surface area contributed by atoms with Gasteiger partial charge in [-0.25, -0.2) is 9.59 Å². The molecule has 0 saturated carbocycles. The van der Waals surface area contributed by atoms with Crippen LogP contribution in [0.1, 0.15) is 20.7 Å². The monoisotopic (exact) mass is 631 g/mol. The van der Waals surface area contributed by atoms with E-state index in [0.29, 0.717) is 5.56 Å². The van der Waals surface area contributed by atoms with Crippen LogP contribution in [0.25, 0.3) is 33.4 Å². The van der Waals surface area contributed by atoms with Gasteiger partial charge >= 0.3 is 11.9 Å². The second kappa shape index (κ2) is 13.4. The molecular formula is C38H37N3O4S. The minimum absolute atomic E-state index is 0.196. The first-order valence-corrected chi connectivity index (χ1v) is 15.5. The van der Waals surface area contributed by atoms with Gasteiger partial charge in [-0.05, 0) is 89.0 Å². The van der Waals surface area contributed by atoms with Crippen LogP contribution >= 0.6 is 11.8 Å². The van der Waals surface area contributed by atoms with Gasteiger partial charge < -0.3 is 24.9 Å². The summed E-state index contributed by atoms with van der Waals surface area (Å²) in [6, 6.07) is 32.7. The molecule has 0 aliphatic heterocycles. The van der Waals surface area contributed by atoms with E-state index in [2.05, 4.69) is 0 Å². The average Bonchev–Trinajstić information content (AvgIpc) is 3.04. The van der Waals surface area contributed by atoms with Gasteiger partial charge in [0.05, 0.1) is 11.1 Å². The van der Waals surface area contributed by atoms with E-state index < -0.39 is 11.9 Å². The third-order valence-electron chi connectivity index (χ3n) is 7.87. The molecule has 0 unspecified atom stereocenters. The molecule has 2 N–H and O–H groups in total. The first kappa shape index (κ1) is 32.2. The maximum atomic E-state index is 13.1. The van der Waals surface area contributed by atoms with Gasteiger partial charge in [0.2, 0.25) is 0 Å². The normalized spacial score (nSPS) is 10.8. The molecule has 0 aliphatic carbocycles. The smallest absolute Gasteiger partial charge is 0.336 e. The van der Waals surface area contributed by atoms with E-state index in [9.17, 15) is 19.8 Å². The summed E-state index contributed by atoms with van der Waals surface area (Å²) in [5.41, 5.74) is 8.16. The summed E-state index contributed by atoms with van der Waals surface area (Å²) in [4.78, 5) is 32.5. The molecule has 0 radical (unpaired) electrons. The van der Waals surface area contributed by atoms with Crippen molar-refractivity contribution in [3.05, 3.63) is 114 Å². The molecule has 0 atom stereocenters. The summed E-state index contributed by atoms with van der Waals surface area (Å²) in [6.45, 7) is 0. The number of hydrogen-bond donors (Lipinski definition) is 2. The number of carbonyl (C=O) groups is 2. The van der Waals surface area contributed by atoms with Gasteiger partial charge in [-0.15, -0.1) is 0 Å². The molecule has 0 heterocycles. The highest BCUT2D eigenvalue weighted by Crippen LogP contribution is 2.49. The summed E-state index contributed by atoms with van der Waals surface area (Å²) in [6.07, 6.45) is 0. The minimum atomic E-state index is -1.02. The highest BCUT2D eigenvalue weighted by atomic mass is 32.2. The number of carboxylic acids is 2. The lowest BCUT2D eigenvalue weighted by Gasteiger charge is -2.23. The highest BCUT2D eigenvalue weighted by molar-refractivity contribution is 7.99. The van der Waals surface area contributed by atoms with Crippen molar-refractivity contribution in [2.24, 2.45) is 0 Å². The van der Waals surface area contributed by atoms with Crippen molar-refractivity contribution in [3.8, 4) is 33.4 Å². The second-order valence-corrected chi connectivity index (χ2v) is 12.7. The Morgan fingerprint density at radius 1 is 0.522 bits per heavy atom. The van der Waals surface area contributed by atoms with Crippen LogP contribution in [0, 0.1) is 0 Å². The van der Waals surface area contributed by atoms with Crippen LogP contribution in [-0.2, 0) is 0 Å². The van der Waals surface area contributed by atoms with Crippen molar-refractivity contribution in [3.63, 3.8) is 0 Å². The fraction of sp³-hybridized carbons (Fsp3) is 0.158. The maximum absolute atomic E-state index is 13.1. The number of carboxylic acid groups (broad SMARTS) is 2. The number of nitrogens with zero attached hydrogens (tertiary/aromatic N) is 3. The Bertz CT molecular complexity index is 1860. The van der Waals surface area contributed by atoms with Gasteiger partial charge in [-0.3, -0.25) is 0 Å². The molecule has 5 rings (SSSR count). The third-order valence-corrected chi connectivity index (χ3v) is 9.01. The molecule has 0 saturated heterocycles. The molecule has 0 aliphatic rings. The molecule has 0 spiro atoms. The summed E-state index contributed by atoms with van der Waals surface area (Å²) < 4.78 is 0. The van der Waals surface area contributed by atoms with Crippen LogP contribution in [-0.4, -0.2) is 64.4 Å². The SMILES string of the molecule is CN(C)c1ccc(-c2cc(C(=O)O)c(-c3ccc(N(C)C)cc3)c(-c3ccc(N(C)C)cc3)c2Sc2ccc(C(=O)O)cc2)cc1. The predicted octanol–water partition coefficient (Wildman–Crippen LogP) is 8.43. The van der Waals surface area contributed by atoms with E-state index >= 15 is 0 Å². The molecule has 5 aromatic carbocycles. The van der Waals surface area contributed by atoms with Crippen molar-refractivity contribution in [1.82, 2.24) is 0 Å². The molecule has 0 aromatic heterocycles. The van der Waals surface area contributed by atoms with E-state index in [4.69, 9.17) is 0 Å². The largest absolute Gasteiger partial charge is 0.478 e. The van der Waals surface area contributed by atoms with Gasteiger partial charge in [0.15, 0.2) is 0 Å². The van der Waals surface area contributed by atoms with Crippen molar-refractivity contribution >= 4 is 40.8 Å². The lowest BCUT2D eigenvalue weighted by molar-refractivity contribution is 0.0686. The summed E-state index contributed by atoms with van der Waals surface area (Å²) >= 11 is 1.49. The Hall–Kier alpha value is -5.21. The maximum Gasteiger partial charge on any atom is 0.336 e. The molecule has 46 heavy (non-hydrogen) atoms. The number of anilines is 3. The lowest BCUT2D eigenvalue weighted by atomic mass is 9.86. The molecule has 234 valence electrons. The van der Waals surface area contributed by atoms with Gasteiger partial charge in [-0.1, -0.05) is 48.2 Å². The molecule has 0 bridgehead atoms. The summed E-state index contributed by atoms with van der Waals surface area (Å²) in [5.74, 6) is -2.01. The first-order valence-electron chi connectivity index (χ1n) is 14.7. The van der Waals surface area contributed by atoms with Crippen LogP contribution < -0.4 is 14.7 Å². The molecular weight excluding hydrogens is 595 g/mol. The predicted molar refractivity (Wildman–Crippen MR) is 190 cm³/mol. The molecule has 5 aromatic rings. The Balaban J connectivity index is 1.87. The fourth-order valence-corrected chi connectivity index (χ4v) is 6.42. The van der Waals surface area contributed by atoms with Gasteiger partial charge in [-0.2, -0.15) is 0 Å². The van der Waals surface area contributed by atoms with Crippen molar-refractivity contribution in [2.45, 2.75) is 9.79 Å². The molecule has 8 heteroatoms. The van der Waals surface area contributed by atoms with E-state index in [1.165, 1.54) is 11.8 Å². The number of aromatic carboxylic acids is 2. The van der Waals surface area contributed by atoms with Gasteiger partial charge in [0.1, 0.15) is 0 Å². The standard InChI is InChI=1S/C38H37N3O4S/c1-39(2)28-15-7-24(8-16-28)32-23-33(38(44)45)34(25-9-17-29(18-10-25)40(3)4)35(26-11-19-30(20-12-26)41(5)6)36(32)46-31-21-13-27(14-22-31)37(42)43/h7-23H,1-6H3,(H,42,43)(H,44,45). The quantitative estimate of drug-likeness (QED) is 0.159. The molecule has 0 amide bonds. The number of benzene rings is 5. The Morgan fingerprint density at radius 3 is 1.33 bits per heavy atom. The summed E-state index contributed by atoms with van der Waals surface area (Å²) in [5, 5.41) is 20.2. The molecule has 0 fully saturated rings. The number of rotatable bonds is 10. The van der Waals surface area contributed by atoms with Crippen LogP contribution in [0.4, 0.5) is 17.1 Å².